The largest absolute Gasteiger partial charge is 0.379 e. The summed E-state index contributed by atoms with van der Waals surface area (Å²) in [6.07, 6.45) is 5.79. The number of nitrogens with zero attached hydrogens (tertiary/aromatic N) is 1. The first-order chi connectivity index (χ1) is 8.08. The van der Waals surface area contributed by atoms with Gasteiger partial charge in [0.05, 0.1) is 6.10 Å². The van der Waals surface area contributed by atoms with Crippen LogP contribution in [0.4, 0.5) is 0 Å². The van der Waals surface area contributed by atoms with E-state index in [1.54, 1.807) is 0 Å². The van der Waals surface area contributed by atoms with Gasteiger partial charge in [-0.25, -0.2) is 0 Å². The predicted octanol–water partition coefficient (Wildman–Crippen LogP) is 3.56. The fourth-order valence-corrected chi connectivity index (χ4v) is 2.67. The van der Waals surface area contributed by atoms with Gasteiger partial charge in [0.1, 0.15) is 0 Å². The molecule has 1 heterocycles. The Bertz CT molecular complexity index is 181. The molecule has 0 aromatic rings. The molecule has 0 saturated carbocycles. The van der Waals surface area contributed by atoms with E-state index in [-0.39, 0.29) is 0 Å². The maximum absolute atomic E-state index is 5.60. The highest BCUT2D eigenvalue weighted by molar-refractivity contribution is 4.73. The maximum Gasteiger partial charge on any atom is 0.0518 e. The van der Waals surface area contributed by atoms with Crippen LogP contribution in [0.5, 0.6) is 0 Å². The van der Waals surface area contributed by atoms with E-state index in [1.807, 2.05) is 0 Å². The Kier molecular flexibility index (Phi) is 7.14. The van der Waals surface area contributed by atoms with Crippen LogP contribution in [0.25, 0.3) is 0 Å². The van der Waals surface area contributed by atoms with Crippen molar-refractivity contribution in [3.05, 3.63) is 0 Å². The second kappa shape index (κ2) is 8.10. The Morgan fingerprint density at radius 1 is 1.12 bits per heavy atom. The minimum atomic E-state index is 0.392. The molecule has 1 saturated heterocycles. The molecular formula is C15H31NO. The second-order valence-electron chi connectivity index (χ2n) is 6.20. The highest BCUT2D eigenvalue weighted by Gasteiger charge is 2.19. The molecule has 0 aromatic carbocycles. The van der Waals surface area contributed by atoms with Crippen LogP contribution in [0.1, 0.15) is 53.4 Å². The summed E-state index contributed by atoms with van der Waals surface area (Å²) in [6.45, 7) is 13.7. The van der Waals surface area contributed by atoms with Crippen molar-refractivity contribution < 1.29 is 4.74 Å². The van der Waals surface area contributed by atoms with Crippen LogP contribution in [-0.4, -0.2) is 37.2 Å². The third-order valence-electron chi connectivity index (χ3n) is 3.54. The van der Waals surface area contributed by atoms with E-state index < -0.39 is 0 Å². The van der Waals surface area contributed by atoms with E-state index in [0.29, 0.717) is 6.10 Å². The van der Waals surface area contributed by atoms with E-state index in [2.05, 4.69) is 32.6 Å². The zero-order valence-electron chi connectivity index (χ0n) is 12.2. The van der Waals surface area contributed by atoms with Gasteiger partial charge in [-0.1, -0.05) is 13.8 Å². The average Bonchev–Trinajstić information content (AvgIpc) is 2.25. The van der Waals surface area contributed by atoms with Crippen molar-refractivity contribution in [2.75, 3.05) is 26.2 Å². The van der Waals surface area contributed by atoms with Crippen LogP contribution in [0.15, 0.2) is 0 Å². The van der Waals surface area contributed by atoms with Crippen molar-refractivity contribution in [2.45, 2.75) is 59.5 Å². The predicted molar refractivity (Wildman–Crippen MR) is 74.3 cm³/mol. The van der Waals surface area contributed by atoms with Crippen molar-refractivity contribution in [1.29, 1.82) is 0 Å². The van der Waals surface area contributed by atoms with E-state index in [9.17, 15) is 0 Å². The molecule has 0 aliphatic carbocycles. The molecule has 2 heteroatoms. The van der Waals surface area contributed by atoms with Crippen LogP contribution < -0.4 is 0 Å². The number of ether oxygens (including phenoxy) is 1. The van der Waals surface area contributed by atoms with Crippen LogP contribution >= 0.6 is 0 Å². The standard InChI is InChI=1S/C15H31NO/c1-13(2)12-16-9-7-15(8-10-16)6-5-11-17-14(3)4/h13-15H,5-12H2,1-4H3. The molecule has 17 heavy (non-hydrogen) atoms. The Morgan fingerprint density at radius 3 is 2.29 bits per heavy atom. The molecule has 0 aromatic heterocycles. The summed E-state index contributed by atoms with van der Waals surface area (Å²) < 4.78 is 5.60. The lowest BCUT2D eigenvalue weighted by Crippen LogP contribution is -2.36. The Hall–Kier alpha value is -0.0800. The lowest BCUT2D eigenvalue weighted by molar-refractivity contribution is 0.0701. The van der Waals surface area contributed by atoms with E-state index >= 15 is 0 Å². The number of likely N-dealkylation sites (tertiary alicyclic amines) is 1. The monoisotopic (exact) mass is 241 g/mol. The van der Waals surface area contributed by atoms with Gasteiger partial charge in [0.2, 0.25) is 0 Å². The highest BCUT2D eigenvalue weighted by atomic mass is 16.5. The lowest BCUT2D eigenvalue weighted by atomic mass is 9.92. The molecule has 0 bridgehead atoms. The van der Waals surface area contributed by atoms with Gasteiger partial charge in [-0.3, -0.25) is 0 Å². The number of hydrogen-bond acceptors (Lipinski definition) is 2. The highest BCUT2D eigenvalue weighted by Crippen LogP contribution is 2.22. The van der Waals surface area contributed by atoms with Crippen LogP contribution in [-0.2, 0) is 4.74 Å². The summed E-state index contributed by atoms with van der Waals surface area (Å²) >= 11 is 0. The van der Waals surface area contributed by atoms with Gasteiger partial charge in [0.15, 0.2) is 0 Å². The summed E-state index contributed by atoms with van der Waals surface area (Å²) in [6, 6.07) is 0. The van der Waals surface area contributed by atoms with Crippen molar-refractivity contribution in [3.63, 3.8) is 0 Å². The fraction of sp³-hybridized carbons (Fsp3) is 1.00. The quantitative estimate of drug-likeness (QED) is 0.632. The van der Waals surface area contributed by atoms with Crippen LogP contribution in [0, 0.1) is 11.8 Å². The van der Waals surface area contributed by atoms with Gasteiger partial charge < -0.3 is 9.64 Å². The topological polar surface area (TPSA) is 12.5 Å². The average molecular weight is 241 g/mol. The molecule has 102 valence electrons. The summed E-state index contributed by atoms with van der Waals surface area (Å²) in [7, 11) is 0. The molecule has 0 spiro atoms. The molecule has 1 rings (SSSR count). The van der Waals surface area contributed by atoms with Crippen LogP contribution in [0.2, 0.25) is 0 Å². The lowest BCUT2D eigenvalue weighted by Gasteiger charge is -2.33. The summed E-state index contributed by atoms with van der Waals surface area (Å²) in [5.74, 6) is 1.76. The normalized spacial score (nSPS) is 19.4. The third-order valence-corrected chi connectivity index (χ3v) is 3.54. The molecule has 0 radical (unpaired) electrons. The number of hydrogen-bond donors (Lipinski definition) is 0. The molecule has 0 atom stereocenters. The zero-order valence-corrected chi connectivity index (χ0v) is 12.2. The molecule has 1 fully saturated rings. The van der Waals surface area contributed by atoms with Crippen LogP contribution in [0.3, 0.4) is 0 Å². The smallest absolute Gasteiger partial charge is 0.0518 e. The van der Waals surface area contributed by atoms with E-state index in [1.165, 1.54) is 45.3 Å². The molecule has 0 N–H and O–H groups in total. The Labute approximate surface area is 108 Å². The van der Waals surface area contributed by atoms with Gasteiger partial charge in [-0.05, 0) is 64.5 Å². The van der Waals surface area contributed by atoms with Gasteiger partial charge >= 0.3 is 0 Å². The van der Waals surface area contributed by atoms with E-state index in [4.69, 9.17) is 4.74 Å². The number of piperidine rings is 1. The van der Waals surface area contributed by atoms with E-state index in [0.717, 1.165) is 18.4 Å². The Balaban J connectivity index is 2.03. The molecule has 1 aliphatic rings. The maximum atomic E-state index is 5.60. The van der Waals surface area contributed by atoms with Crippen molar-refractivity contribution >= 4 is 0 Å². The summed E-state index contributed by atoms with van der Waals surface area (Å²) in [5, 5.41) is 0. The van der Waals surface area contributed by atoms with Crippen molar-refractivity contribution in [1.82, 2.24) is 4.90 Å². The second-order valence-corrected chi connectivity index (χ2v) is 6.20. The minimum absolute atomic E-state index is 0.392. The minimum Gasteiger partial charge on any atom is -0.379 e. The van der Waals surface area contributed by atoms with Gasteiger partial charge in [-0.2, -0.15) is 0 Å². The molecule has 2 nitrogen and oxygen atoms in total. The molecule has 0 amide bonds. The Morgan fingerprint density at radius 2 is 1.76 bits per heavy atom. The SMILES string of the molecule is CC(C)CN1CCC(CCCOC(C)C)CC1. The molecule has 0 unspecified atom stereocenters. The zero-order chi connectivity index (χ0) is 12.7. The van der Waals surface area contributed by atoms with Crippen molar-refractivity contribution in [2.24, 2.45) is 11.8 Å². The molecule has 1 aliphatic heterocycles. The summed E-state index contributed by atoms with van der Waals surface area (Å²) in [5.41, 5.74) is 0. The summed E-state index contributed by atoms with van der Waals surface area (Å²) in [4.78, 5) is 2.63. The van der Waals surface area contributed by atoms with Gasteiger partial charge in [0.25, 0.3) is 0 Å². The number of rotatable bonds is 7. The van der Waals surface area contributed by atoms with Gasteiger partial charge in [0, 0.05) is 13.2 Å². The first-order valence-electron chi connectivity index (χ1n) is 7.42. The third kappa shape index (κ3) is 7.05. The van der Waals surface area contributed by atoms with Crippen molar-refractivity contribution in [3.8, 4) is 0 Å². The van der Waals surface area contributed by atoms with Gasteiger partial charge in [-0.15, -0.1) is 0 Å². The first kappa shape index (κ1) is 15.0. The fourth-order valence-electron chi connectivity index (χ4n) is 2.67. The molecular weight excluding hydrogens is 210 g/mol. The first-order valence-corrected chi connectivity index (χ1v) is 7.42.